The first kappa shape index (κ1) is 23.1. The van der Waals surface area contributed by atoms with E-state index in [1.165, 1.54) is 27.4 Å². The largest absolute Gasteiger partial charge is 0.389 e. The molecule has 1 N–H and O–H groups in total. The summed E-state index contributed by atoms with van der Waals surface area (Å²) in [5.74, 6) is -0.360. The van der Waals surface area contributed by atoms with Crippen molar-refractivity contribution in [2.75, 3.05) is 26.2 Å². The van der Waals surface area contributed by atoms with Gasteiger partial charge in [-0.3, -0.25) is 4.79 Å². The van der Waals surface area contributed by atoms with Crippen LogP contribution in [0.1, 0.15) is 45.0 Å². The fraction of sp³-hybridized carbons (Fsp3) is 0.632. The van der Waals surface area contributed by atoms with Crippen LogP contribution in [0.25, 0.3) is 0 Å². The highest BCUT2D eigenvalue weighted by Crippen LogP contribution is 2.28. The number of carbonyl (C=O) groups is 1. The number of nitrogens with zero attached hydrogens (tertiary/aromatic N) is 2. The van der Waals surface area contributed by atoms with Crippen molar-refractivity contribution in [2.45, 2.75) is 57.3 Å². The second-order valence-corrected chi connectivity index (χ2v) is 10.2. The molecule has 0 unspecified atom stereocenters. The number of rotatable bonds is 6. The third-order valence-corrected chi connectivity index (χ3v) is 6.74. The van der Waals surface area contributed by atoms with E-state index in [0.29, 0.717) is 6.54 Å². The molecule has 1 amide bonds. The maximum Gasteiger partial charge on any atom is 0.253 e. The molecule has 28 heavy (non-hydrogen) atoms. The topological polar surface area (TPSA) is 87.2 Å². The molecule has 1 saturated heterocycles. The van der Waals surface area contributed by atoms with Crippen LogP contribution in [-0.2, 0) is 14.8 Å². The van der Waals surface area contributed by atoms with Gasteiger partial charge < -0.3 is 14.7 Å². The number of amides is 1. The Morgan fingerprint density at radius 3 is 2.39 bits per heavy atom. The number of hydrogen-bond acceptors (Lipinski definition) is 5. The number of ether oxygens (including phenoxy) is 1. The molecule has 1 aromatic rings. The van der Waals surface area contributed by atoms with Gasteiger partial charge in [-0.15, -0.1) is 0 Å². The van der Waals surface area contributed by atoms with Crippen molar-refractivity contribution >= 4 is 27.5 Å². The normalized spacial score (nSPS) is 21.5. The van der Waals surface area contributed by atoms with E-state index in [4.69, 9.17) is 16.3 Å². The molecule has 1 aliphatic rings. The fourth-order valence-electron chi connectivity index (χ4n) is 3.28. The monoisotopic (exact) mass is 432 g/mol. The van der Waals surface area contributed by atoms with E-state index in [0.717, 1.165) is 0 Å². The molecule has 0 aliphatic carbocycles. The van der Waals surface area contributed by atoms with Crippen LogP contribution in [0.4, 0.5) is 0 Å². The van der Waals surface area contributed by atoms with Gasteiger partial charge in [0, 0.05) is 31.7 Å². The molecule has 0 saturated carbocycles. The standard InChI is InChI=1S/C19H29ClN2O5S/c1-6-21(12-19(4,5)24)18(23)15-7-8-16(20)17(9-15)28(25,26)22-10-13(2)27-14(3)11-22/h7-9,13-14,24H,6,10-12H2,1-5H3/t13-,14-/m1/s1. The number of carbonyl (C=O) groups excluding carboxylic acids is 1. The smallest absolute Gasteiger partial charge is 0.253 e. The third kappa shape index (κ3) is 5.45. The Morgan fingerprint density at radius 2 is 1.89 bits per heavy atom. The minimum atomic E-state index is -3.88. The second-order valence-electron chi connectivity index (χ2n) is 7.86. The zero-order valence-corrected chi connectivity index (χ0v) is 18.5. The van der Waals surface area contributed by atoms with Crippen LogP contribution in [0.5, 0.6) is 0 Å². The van der Waals surface area contributed by atoms with Gasteiger partial charge in [-0.2, -0.15) is 4.31 Å². The van der Waals surface area contributed by atoms with Crippen molar-refractivity contribution in [3.8, 4) is 0 Å². The molecule has 1 heterocycles. The molecular weight excluding hydrogens is 404 g/mol. The summed E-state index contributed by atoms with van der Waals surface area (Å²) < 4.78 is 33.3. The summed E-state index contributed by atoms with van der Waals surface area (Å²) in [6.45, 7) is 9.61. The van der Waals surface area contributed by atoms with Gasteiger partial charge in [0.25, 0.3) is 5.91 Å². The lowest BCUT2D eigenvalue weighted by molar-refractivity contribution is -0.0440. The maximum absolute atomic E-state index is 13.2. The SMILES string of the molecule is CCN(CC(C)(C)O)C(=O)c1ccc(Cl)c(S(=O)(=O)N2C[C@@H](C)O[C@H](C)C2)c1. The Kier molecular flexibility index (Phi) is 7.15. The summed E-state index contributed by atoms with van der Waals surface area (Å²) in [4.78, 5) is 14.2. The molecule has 9 heteroatoms. The van der Waals surface area contributed by atoms with E-state index in [9.17, 15) is 18.3 Å². The van der Waals surface area contributed by atoms with Crippen molar-refractivity contribution in [3.63, 3.8) is 0 Å². The first-order valence-electron chi connectivity index (χ1n) is 9.32. The molecule has 1 aliphatic heterocycles. The van der Waals surface area contributed by atoms with E-state index in [1.807, 2.05) is 13.8 Å². The zero-order valence-electron chi connectivity index (χ0n) is 17.0. The van der Waals surface area contributed by atoms with E-state index in [2.05, 4.69) is 0 Å². The highest BCUT2D eigenvalue weighted by atomic mass is 35.5. The molecule has 0 aromatic heterocycles. The van der Waals surface area contributed by atoms with Gasteiger partial charge >= 0.3 is 0 Å². The third-order valence-electron chi connectivity index (χ3n) is 4.43. The minimum absolute atomic E-state index is 0.0638. The lowest BCUT2D eigenvalue weighted by Crippen LogP contribution is -2.48. The average Bonchev–Trinajstić information content (AvgIpc) is 2.57. The number of aliphatic hydroxyl groups is 1. The summed E-state index contributed by atoms with van der Waals surface area (Å²) in [7, 11) is -3.88. The van der Waals surface area contributed by atoms with E-state index >= 15 is 0 Å². The second kappa shape index (κ2) is 8.67. The lowest BCUT2D eigenvalue weighted by Gasteiger charge is -2.34. The summed E-state index contributed by atoms with van der Waals surface area (Å²) in [5.41, 5.74) is -0.851. The molecule has 1 fully saturated rings. The molecule has 158 valence electrons. The fourth-order valence-corrected chi connectivity index (χ4v) is 5.37. The molecule has 0 radical (unpaired) electrons. The van der Waals surface area contributed by atoms with Gasteiger partial charge in [0.2, 0.25) is 10.0 Å². The van der Waals surface area contributed by atoms with Crippen LogP contribution >= 0.6 is 11.6 Å². The van der Waals surface area contributed by atoms with Crippen LogP contribution in [0.2, 0.25) is 5.02 Å². The van der Waals surface area contributed by atoms with Gasteiger partial charge in [0.1, 0.15) is 4.90 Å². The average molecular weight is 433 g/mol. The Hall–Kier alpha value is -1.19. The van der Waals surface area contributed by atoms with Crippen LogP contribution in [0.3, 0.4) is 0 Å². The summed E-state index contributed by atoms with van der Waals surface area (Å²) in [5, 5.41) is 10.1. The molecule has 0 bridgehead atoms. The van der Waals surface area contributed by atoms with Gasteiger partial charge in [-0.05, 0) is 52.8 Å². The first-order chi connectivity index (χ1) is 12.8. The number of hydrogen-bond donors (Lipinski definition) is 1. The van der Waals surface area contributed by atoms with Crippen LogP contribution in [0, 0.1) is 0 Å². The maximum atomic E-state index is 13.2. The van der Waals surface area contributed by atoms with Gasteiger partial charge in [0.05, 0.1) is 22.8 Å². The van der Waals surface area contributed by atoms with Crippen molar-refractivity contribution in [1.29, 1.82) is 0 Å². The summed E-state index contributed by atoms with van der Waals surface area (Å²) >= 11 is 6.20. The van der Waals surface area contributed by atoms with Crippen molar-refractivity contribution < 1.29 is 23.1 Å². The highest BCUT2D eigenvalue weighted by Gasteiger charge is 2.34. The Balaban J connectivity index is 2.38. The molecular formula is C19H29ClN2O5S. The van der Waals surface area contributed by atoms with Gasteiger partial charge in [-0.1, -0.05) is 11.6 Å². The first-order valence-corrected chi connectivity index (χ1v) is 11.1. The summed E-state index contributed by atoms with van der Waals surface area (Å²) in [6, 6.07) is 4.24. The number of likely N-dealkylation sites (N-methyl/N-ethyl adjacent to an activating group) is 1. The lowest BCUT2D eigenvalue weighted by atomic mass is 10.1. The minimum Gasteiger partial charge on any atom is -0.389 e. The van der Waals surface area contributed by atoms with Gasteiger partial charge in [0.15, 0.2) is 0 Å². The van der Waals surface area contributed by atoms with Crippen molar-refractivity contribution in [1.82, 2.24) is 9.21 Å². The Labute approximate surface area is 172 Å². The number of sulfonamides is 1. The quantitative estimate of drug-likeness (QED) is 0.745. The highest BCUT2D eigenvalue weighted by molar-refractivity contribution is 7.89. The molecule has 2 rings (SSSR count). The van der Waals surface area contributed by atoms with Crippen molar-refractivity contribution in [3.05, 3.63) is 28.8 Å². The summed E-state index contributed by atoms with van der Waals surface area (Å²) in [6.07, 6.45) is -0.464. The van der Waals surface area contributed by atoms with Crippen molar-refractivity contribution in [2.24, 2.45) is 0 Å². The molecule has 1 aromatic carbocycles. The predicted molar refractivity (Wildman–Crippen MR) is 108 cm³/mol. The molecule has 2 atom stereocenters. The van der Waals surface area contributed by atoms with E-state index in [-0.39, 0.29) is 53.2 Å². The molecule has 0 spiro atoms. The zero-order chi connectivity index (χ0) is 21.3. The number of benzene rings is 1. The van der Waals surface area contributed by atoms with E-state index in [1.54, 1.807) is 20.8 Å². The van der Waals surface area contributed by atoms with Crippen LogP contribution in [-0.4, -0.2) is 72.6 Å². The Morgan fingerprint density at radius 1 is 1.32 bits per heavy atom. The number of halogens is 1. The molecule has 7 nitrogen and oxygen atoms in total. The van der Waals surface area contributed by atoms with E-state index < -0.39 is 15.6 Å². The van der Waals surface area contributed by atoms with Crippen LogP contribution in [0.15, 0.2) is 23.1 Å². The number of morpholine rings is 1. The van der Waals surface area contributed by atoms with Crippen LogP contribution < -0.4 is 0 Å². The predicted octanol–water partition coefficient (Wildman–Crippen LogP) is 2.37. The Bertz CT molecular complexity index is 812. The van der Waals surface area contributed by atoms with Gasteiger partial charge in [-0.25, -0.2) is 8.42 Å².